The minimum atomic E-state index is -2.61. The highest BCUT2D eigenvalue weighted by atomic mass is 19.3. The summed E-state index contributed by atoms with van der Waals surface area (Å²) in [4.78, 5) is 19.7. The SMILES string of the molecule is COC(=O)N1CCc2c(c(N(C)c3cnc(C)c(C(F)F)c3)nn2C2CCOCC2)C1. The van der Waals surface area contributed by atoms with Crippen LogP contribution in [0.1, 0.15) is 47.8 Å². The van der Waals surface area contributed by atoms with Crippen molar-refractivity contribution in [2.24, 2.45) is 0 Å². The number of rotatable bonds is 4. The molecule has 1 saturated heterocycles. The molecule has 0 aromatic carbocycles. The molecule has 0 radical (unpaired) electrons. The third-order valence-electron chi connectivity index (χ3n) is 6.09. The Morgan fingerprint density at radius 1 is 1.35 bits per heavy atom. The standard InChI is InChI=1S/C21H27F2N5O3/c1-13-16(19(22)23)10-15(11-24-13)26(2)20-17-12-27(21(29)30-3)7-4-18(17)28(25-20)14-5-8-31-9-6-14/h10-11,14,19H,4-9,12H2,1-3H3. The van der Waals surface area contributed by atoms with Gasteiger partial charge in [0.25, 0.3) is 6.43 Å². The summed E-state index contributed by atoms with van der Waals surface area (Å²) in [6.07, 6.45) is 0.942. The van der Waals surface area contributed by atoms with Crippen LogP contribution >= 0.6 is 0 Å². The summed E-state index contributed by atoms with van der Waals surface area (Å²) < 4.78 is 39.3. The highest BCUT2D eigenvalue weighted by Gasteiger charge is 2.32. The number of hydrogen-bond donors (Lipinski definition) is 0. The van der Waals surface area contributed by atoms with E-state index in [2.05, 4.69) is 4.98 Å². The number of carbonyl (C=O) groups is 1. The molecule has 0 spiro atoms. The monoisotopic (exact) mass is 435 g/mol. The molecule has 2 aromatic heterocycles. The topological polar surface area (TPSA) is 72.7 Å². The first-order valence-corrected chi connectivity index (χ1v) is 10.4. The van der Waals surface area contributed by atoms with Crippen molar-refractivity contribution in [2.45, 2.75) is 45.2 Å². The molecule has 0 saturated carbocycles. The number of aryl methyl sites for hydroxylation is 1. The minimum Gasteiger partial charge on any atom is -0.453 e. The second-order valence-corrected chi connectivity index (χ2v) is 7.91. The second kappa shape index (κ2) is 8.78. The van der Waals surface area contributed by atoms with Crippen LogP contribution in [0.5, 0.6) is 0 Å². The van der Waals surface area contributed by atoms with E-state index >= 15 is 0 Å². The Balaban J connectivity index is 1.75. The Labute approximate surface area is 179 Å². The van der Waals surface area contributed by atoms with Gasteiger partial charge in [-0.25, -0.2) is 13.6 Å². The maximum atomic E-state index is 13.4. The van der Waals surface area contributed by atoms with Gasteiger partial charge in [0.1, 0.15) is 0 Å². The Hall–Kier alpha value is -2.75. The summed E-state index contributed by atoms with van der Waals surface area (Å²) in [6, 6.07) is 1.66. The normalized spacial score (nSPS) is 17.0. The van der Waals surface area contributed by atoms with Gasteiger partial charge in [-0.15, -0.1) is 0 Å². The number of methoxy groups -OCH3 is 1. The van der Waals surface area contributed by atoms with Gasteiger partial charge in [-0.2, -0.15) is 5.10 Å². The highest BCUT2D eigenvalue weighted by molar-refractivity contribution is 5.70. The van der Waals surface area contributed by atoms with Crippen molar-refractivity contribution >= 4 is 17.6 Å². The first kappa shape index (κ1) is 21.5. The lowest BCUT2D eigenvalue weighted by molar-refractivity contribution is 0.0649. The fraction of sp³-hybridized carbons (Fsp3) is 0.571. The summed E-state index contributed by atoms with van der Waals surface area (Å²) in [6.45, 7) is 3.82. The molecule has 2 aliphatic rings. The lowest BCUT2D eigenvalue weighted by Crippen LogP contribution is -2.37. The first-order chi connectivity index (χ1) is 14.9. The van der Waals surface area contributed by atoms with Crippen LogP contribution in [0.25, 0.3) is 0 Å². The number of amides is 1. The van der Waals surface area contributed by atoms with Crippen molar-refractivity contribution in [3.8, 4) is 0 Å². The van der Waals surface area contributed by atoms with Crippen molar-refractivity contribution in [2.75, 3.05) is 38.8 Å². The summed E-state index contributed by atoms with van der Waals surface area (Å²) in [5.74, 6) is 0.640. The Kier molecular flexibility index (Phi) is 6.08. The number of anilines is 2. The number of carbonyl (C=O) groups excluding carboxylic acids is 1. The third kappa shape index (κ3) is 4.08. The van der Waals surface area contributed by atoms with E-state index in [1.807, 2.05) is 4.68 Å². The van der Waals surface area contributed by atoms with E-state index in [-0.39, 0.29) is 11.6 Å². The zero-order valence-corrected chi connectivity index (χ0v) is 18.0. The van der Waals surface area contributed by atoms with Crippen LogP contribution in [0.2, 0.25) is 0 Å². The molecule has 4 heterocycles. The molecule has 31 heavy (non-hydrogen) atoms. The van der Waals surface area contributed by atoms with Gasteiger partial charge in [0.05, 0.1) is 31.6 Å². The smallest absolute Gasteiger partial charge is 0.409 e. The molecular weight excluding hydrogens is 408 g/mol. The van der Waals surface area contributed by atoms with Gasteiger partial charge in [-0.05, 0) is 25.8 Å². The van der Waals surface area contributed by atoms with E-state index in [1.54, 1.807) is 30.0 Å². The van der Waals surface area contributed by atoms with Crippen molar-refractivity contribution in [1.82, 2.24) is 19.7 Å². The summed E-state index contributed by atoms with van der Waals surface area (Å²) in [5, 5.41) is 4.90. The van der Waals surface area contributed by atoms with Crippen molar-refractivity contribution < 1.29 is 23.0 Å². The van der Waals surface area contributed by atoms with E-state index in [0.29, 0.717) is 49.9 Å². The van der Waals surface area contributed by atoms with Gasteiger partial charge < -0.3 is 19.3 Å². The zero-order valence-electron chi connectivity index (χ0n) is 18.0. The van der Waals surface area contributed by atoms with Crippen LogP contribution in [0.3, 0.4) is 0 Å². The highest BCUT2D eigenvalue weighted by Crippen LogP contribution is 2.36. The van der Waals surface area contributed by atoms with Gasteiger partial charge in [-0.3, -0.25) is 9.67 Å². The van der Waals surface area contributed by atoms with Gasteiger partial charge in [0.15, 0.2) is 5.82 Å². The van der Waals surface area contributed by atoms with E-state index in [9.17, 15) is 13.6 Å². The van der Waals surface area contributed by atoms with Crippen molar-refractivity contribution in [3.05, 3.63) is 34.8 Å². The number of hydrogen-bond acceptors (Lipinski definition) is 6. The van der Waals surface area contributed by atoms with E-state index in [0.717, 1.165) is 24.1 Å². The fourth-order valence-electron chi connectivity index (χ4n) is 4.28. The van der Waals surface area contributed by atoms with E-state index in [1.165, 1.54) is 13.2 Å². The number of halogens is 2. The van der Waals surface area contributed by atoms with Crippen LogP contribution in [-0.4, -0.2) is 59.7 Å². The Bertz CT molecular complexity index is 959. The molecule has 0 aliphatic carbocycles. The number of nitrogens with zero attached hydrogens (tertiary/aromatic N) is 5. The number of pyridine rings is 1. The lowest BCUT2D eigenvalue weighted by atomic mass is 10.0. The molecule has 0 bridgehead atoms. The molecule has 10 heteroatoms. The molecule has 1 fully saturated rings. The van der Waals surface area contributed by atoms with Crippen LogP contribution in [-0.2, 0) is 22.4 Å². The number of ether oxygens (including phenoxy) is 2. The molecule has 4 rings (SSSR count). The maximum Gasteiger partial charge on any atom is 0.409 e. The fourth-order valence-corrected chi connectivity index (χ4v) is 4.28. The molecule has 2 aliphatic heterocycles. The van der Waals surface area contributed by atoms with E-state index in [4.69, 9.17) is 14.6 Å². The van der Waals surface area contributed by atoms with Gasteiger partial charge in [-0.1, -0.05) is 0 Å². The van der Waals surface area contributed by atoms with E-state index < -0.39 is 12.5 Å². The van der Waals surface area contributed by atoms with Gasteiger partial charge in [0, 0.05) is 55.7 Å². The average Bonchev–Trinajstić information content (AvgIpc) is 3.17. The van der Waals surface area contributed by atoms with Crippen molar-refractivity contribution in [3.63, 3.8) is 0 Å². The van der Waals surface area contributed by atoms with Crippen LogP contribution in [0.15, 0.2) is 12.3 Å². The minimum absolute atomic E-state index is 0.0988. The number of fused-ring (bicyclic) bond motifs is 1. The predicted octanol–water partition coefficient (Wildman–Crippen LogP) is 3.77. The Morgan fingerprint density at radius 3 is 2.77 bits per heavy atom. The van der Waals surface area contributed by atoms with Crippen LogP contribution in [0.4, 0.5) is 25.1 Å². The molecule has 2 aromatic rings. The molecular formula is C21H27F2N5O3. The average molecular weight is 435 g/mol. The van der Waals surface area contributed by atoms with Gasteiger partial charge in [0.2, 0.25) is 0 Å². The first-order valence-electron chi connectivity index (χ1n) is 10.4. The number of aromatic nitrogens is 3. The summed E-state index contributed by atoms with van der Waals surface area (Å²) in [7, 11) is 3.15. The molecule has 0 N–H and O–H groups in total. The van der Waals surface area contributed by atoms with Crippen LogP contribution < -0.4 is 4.90 Å². The molecule has 8 nitrogen and oxygen atoms in total. The molecule has 0 unspecified atom stereocenters. The molecule has 168 valence electrons. The predicted molar refractivity (Wildman–Crippen MR) is 110 cm³/mol. The largest absolute Gasteiger partial charge is 0.453 e. The van der Waals surface area contributed by atoms with Gasteiger partial charge >= 0.3 is 6.09 Å². The maximum absolute atomic E-state index is 13.4. The Morgan fingerprint density at radius 2 is 2.10 bits per heavy atom. The van der Waals surface area contributed by atoms with Crippen molar-refractivity contribution in [1.29, 1.82) is 0 Å². The third-order valence-corrected chi connectivity index (χ3v) is 6.09. The summed E-state index contributed by atoms with van der Waals surface area (Å²) >= 11 is 0. The second-order valence-electron chi connectivity index (χ2n) is 7.91. The van der Waals surface area contributed by atoms with Crippen LogP contribution in [0, 0.1) is 6.92 Å². The molecule has 0 atom stereocenters. The quantitative estimate of drug-likeness (QED) is 0.728. The molecule has 1 amide bonds. The lowest BCUT2D eigenvalue weighted by Gasteiger charge is -2.29. The number of alkyl halides is 2. The zero-order chi connectivity index (χ0) is 22.1. The summed E-state index contributed by atoms with van der Waals surface area (Å²) in [5.41, 5.74) is 2.71.